The average molecular weight is 526 g/mol. The molecule has 190 valence electrons. The highest BCUT2D eigenvalue weighted by molar-refractivity contribution is 7.89. The predicted octanol–water partition coefficient (Wildman–Crippen LogP) is 3.09. The van der Waals surface area contributed by atoms with E-state index in [-0.39, 0.29) is 34.6 Å². The molecule has 35 heavy (non-hydrogen) atoms. The molecule has 8 nitrogen and oxygen atoms in total. The topological polar surface area (TPSA) is 109 Å². The Hall–Kier alpha value is -2.41. The zero-order chi connectivity index (χ0) is 25.3. The Bertz CT molecular complexity index is 1190. The lowest BCUT2D eigenvalue weighted by Gasteiger charge is -2.33. The molecule has 0 spiro atoms. The van der Waals surface area contributed by atoms with E-state index in [0.717, 1.165) is 23.5 Å². The van der Waals surface area contributed by atoms with Crippen molar-refractivity contribution in [3.05, 3.63) is 52.4 Å². The van der Waals surface area contributed by atoms with Gasteiger partial charge in [0.2, 0.25) is 15.8 Å². The molecule has 0 aliphatic carbocycles. The minimum absolute atomic E-state index is 0.0450. The van der Waals surface area contributed by atoms with Crippen molar-refractivity contribution in [3.8, 4) is 0 Å². The molecule has 3 heterocycles. The summed E-state index contributed by atoms with van der Waals surface area (Å²) in [6.45, 7) is 5.34. The summed E-state index contributed by atoms with van der Waals surface area (Å²) in [5, 5.41) is 3.54. The Morgan fingerprint density at radius 2 is 1.77 bits per heavy atom. The van der Waals surface area contributed by atoms with Crippen molar-refractivity contribution in [1.82, 2.24) is 14.2 Å². The van der Waals surface area contributed by atoms with Crippen LogP contribution in [0.25, 0.3) is 0 Å². The highest BCUT2D eigenvalue weighted by Crippen LogP contribution is 2.30. The van der Waals surface area contributed by atoms with Crippen LogP contribution in [0.2, 0.25) is 0 Å². The normalized spacial score (nSPS) is 22.1. The molecule has 0 amide bonds. The Morgan fingerprint density at radius 3 is 2.37 bits per heavy atom. The van der Waals surface area contributed by atoms with E-state index in [1.54, 1.807) is 0 Å². The number of halogens is 2. The SMILES string of the molecule is CC1C=CC(C)N1CCS(=O)(=O)N1CCC(Nc2nc(N)c(C(=O)c3c(F)cccc3F)s2)CC1. The molecule has 12 heteroatoms. The Kier molecular flexibility index (Phi) is 7.55. The molecule has 1 aromatic heterocycles. The third-order valence-electron chi connectivity index (χ3n) is 6.55. The molecule has 0 bridgehead atoms. The maximum Gasteiger partial charge on any atom is 0.215 e. The number of benzene rings is 1. The number of thiazole rings is 1. The minimum Gasteiger partial charge on any atom is -0.382 e. The summed E-state index contributed by atoms with van der Waals surface area (Å²) in [5.41, 5.74) is 5.20. The summed E-state index contributed by atoms with van der Waals surface area (Å²) in [7, 11) is -3.38. The number of rotatable bonds is 8. The van der Waals surface area contributed by atoms with Crippen LogP contribution in [0.5, 0.6) is 0 Å². The van der Waals surface area contributed by atoms with E-state index in [1.165, 1.54) is 10.4 Å². The molecule has 3 N–H and O–H groups in total. The molecule has 4 rings (SSSR count). The fraction of sp³-hybridized carbons (Fsp3) is 0.478. The number of carbonyl (C=O) groups is 1. The van der Waals surface area contributed by atoms with Crippen LogP contribution in [-0.2, 0) is 10.0 Å². The Balaban J connectivity index is 1.33. The Morgan fingerprint density at radius 1 is 1.17 bits per heavy atom. The highest BCUT2D eigenvalue weighted by Gasteiger charge is 2.31. The van der Waals surface area contributed by atoms with Gasteiger partial charge < -0.3 is 11.1 Å². The number of nitrogens with zero attached hydrogens (tertiary/aromatic N) is 3. The molecular formula is C23H29F2N5O3S2. The van der Waals surface area contributed by atoms with E-state index in [9.17, 15) is 22.0 Å². The number of anilines is 2. The van der Waals surface area contributed by atoms with E-state index in [4.69, 9.17) is 5.73 Å². The van der Waals surface area contributed by atoms with Gasteiger partial charge in [-0.25, -0.2) is 26.5 Å². The van der Waals surface area contributed by atoms with Gasteiger partial charge in [0, 0.05) is 37.8 Å². The fourth-order valence-corrected chi connectivity index (χ4v) is 6.88. The van der Waals surface area contributed by atoms with Crippen molar-refractivity contribution in [2.75, 3.05) is 36.4 Å². The number of nitrogen functional groups attached to an aromatic ring is 1. The lowest BCUT2D eigenvalue weighted by atomic mass is 10.1. The largest absolute Gasteiger partial charge is 0.382 e. The maximum absolute atomic E-state index is 14.0. The second-order valence-corrected chi connectivity index (χ2v) is 12.0. The van der Waals surface area contributed by atoms with Crippen LogP contribution in [-0.4, -0.2) is 71.9 Å². The quantitative estimate of drug-likeness (QED) is 0.403. The van der Waals surface area contributed by atoms with Crippen molar-refractivity contribution in [1.29, 1.82) is 0 Å². The lowest BCUT2D eigenvalue weighted by molar-refractivity contribution is 0.103. The van der Waals surface area contributed by atoms with Crippen molar-refractivity contribution >= 4 is 38.1 Å². The second kappa shape index (κ2) is 10.3. The molecular weight excluding hydrogens is 496 g/mol. The van der Waals surface area contributed by atoms with Crippen molar-refractivity contribution < 1.29 is 22.0 Å². The summed E-state index contributed by atoms with van der Waals surface area (Å²) >= 11 is 0.929. The van der Waals surface area contributed by atoms with Gasteiger partial charge in [-0.05, 0) is 38.8 Å². The van der Waals surface area contributed by atoms with E-state index >= 15 is 0 Å². The molecule has 2 aliphatic heterocycles. The van der Waals surface area contributed by atoms with Crippen molar-refractivity contribution in [2.24, 2.45) is 0 Å². The maximum atomic E-state index is 14.0. The van der Waals surface area contributed by atoms with E-state index < -0.39 is 33.0 Å². The first-order valence-corrected chi connectivity index (χ1v) is 13.9. The second-order valence-electron chi connectivity index (χ2n) is 8.90. The predicted molar refractivity (Wildman–Crippen MR) is 133 cm³/mol. The third kappa shape index (κ3) is 5.55. The molecule has 1 fully saturated rings. The van der Waals surface area contributed by atoms with Crippen LogP contribution < -0.4 is 11.1 Å². The molecule has 2 aromatic rings. The number of sulfonamides is 1. The first kappa shape index (κ1) is 25.7. The van der Waals surface area contributed by atoms with Gasteiger partial charge in [0.1, 0.15) is 22.3 Å². The highest BCUT2D eigenvalue weighted by atomic mass is 32.2. The van der Waals surface area contributed by atoms with Crippen LogP contribution >= 0.6 is 11.3 Å². The minimum atomic E-state index is -3.38. The number of hydrogen-bond donors (Lipinski definition) is 2. The van der Waals surface area contributed by atoms with Crippen molar-refractivity contribution in [3.63, 3.8) is 0 Å². The number of nitrogens with two attached hydrogens (primary N) is 1. The van der Waals surface area contributed by atoms with E-state index in [1.807, 2.05) is 0 Å². The molecule has 1 aromatic carbocycles. The van der Waals surface area contributed by atoms with E-state index in [0.29, 0.717) is 37.6 Å². The number of ketones is 1. The van der Waals surface area contributed by atoms with Crippen LogP contribution in [0.3, 0.4) is 0 Å². The first-order chi connectivity index (χ1) is 16.6. The standard InChI is InChI=1S/C23H29F2N5O3S2/c1-14-6-7-15(2)30(14)12-13-35(32,33)29-10-8-16(9-11-29)27-23-28-22(26)21(34-23)20(31)19-17(24)4-3-5-18(19)25/h3-7,14-16H,8-13,26H2,1-2H3,(H,27,28). The summed E-state index contributed by atoms with van der Waals surface area (Å²) in [5.74, 6) is -2.82. The van der Waals surface area contributed by atoms with Gasteiger partial charge in [-0.15, -0.1) is 0 Å². The number of aromatic nitrogens is 1. The number of nitrogens with one attached hydrogen (secondary N) is 1. The smallest absolute Gasteiger partial charge is 0.215 e. The first-order valence-electron chi connectivity index (χ1n) is 11.5. The summed E-state index contributed by atoms with van der Waals surface area (Å²) in [4.78, 5) is 18.9. The van der Waals surface area contributed by atoms with Gasteiger partial charge >= 0.3 is 0 Å². The summed E-state index contributed by atoms with van der Waals surface area (Å²) < 4.78 is 55.3. The van der Waals surface area contributed by atoms with Gasteiger partial charge in [-0.2, -0.15) is 0 Å². The molecule has 2 atom stereocenters. The van der Waals surface area contributed by atoms with Gasteiger partial charge in [0.25, 0.3) is 0 Å². The summed E-state index contributed by atoms with van der Waals surface area (Å²) in [6.07, 6.45) is 5.29. The number of hydrogen-bond acceptors (Lipinski definition) is 8. The fourth-order valence-electron chi connectivity index (χ4n) is 4.51. The average Bonchev–Trinajstić information content (AvgIpc) is 3.33. The van der Waals surface area contributed by atoms with Gasteiger partial charge in [0.15, 0.2) is 5.13 Å². The molecule has 0 saturated carbocycles. The van der Waals surface area contributed by atoms with Gasteiger partial charge in [-0.1, -0.05) is 29.6 Å². The summed E-state index contributed by atoms with van der Waals surface area (Å²) in [6, 6.07) is 3.60. The molecule has 2 aliphatic rings. The molecule has 1 saturated heterocycles. The lowest BCUT2D eigenvalue weighted by Crippen LogP contribution is -2.45. The molecule has 0 radical (unpaired) electrons. The van der Waals surface area contributed by atoms with Crippen LogP contribution in [0.4, 0.5) is 19.7 Å². The van der Waals surface area contributed by atoms with Crippen LogP contribution in [0.15, 0.2) is 30.4 Å². The molecule has 2 unspecified atom stereocenters. The zero-order valence-electron chi connectivity index (χ0n) is 19.6. The monoisotopic (exact) mass is 525 g/mol. The zero-order valence-corrected chi connectivity index (χ0v) is 21.2. The number of piperidine rings is 1. The van der Waals surface area contributed by atoms with Gasteiger partial charge in [-0.3, -0.25) is 9.69 Å². The Labute approximate surface area is 207 Å². The number of carbonyl (C=O) groups excluding carboxylic acids is 1. The van der Waals surface area contributed by atoms with E-state index in [2.05, 4.69) is 41.2 Å². The third-order valence-corrected chi connectivity index (χ3v) is 9.40. The van der Waals surface area contributed by atoms with Crippen LogP contribution in [0.1, 0.15) is 41.9 Å². The van der Waals surface area contributed by atoms with Gasteiger partial charge in [0.05, 0.1) is 11.3 Å². The van der Waals surface area contributed by atoms with Crippen molar-refractivity contribution in [2.45, 2.75) is 44.8 Å². The van der Waals surface area contributed by atoms with Crippen LogP contribution in [0, 0.1) is 11.6 Å².